The number of benzene rings is 2. The first-order valence-corrected chi connectivity index (χ1v) is 10.6. The number of nitrogens with one attached hydrogen (secondary N) is 3. The summed E-state index contributed by atoms with van der Waals surface area (Å²) in [6.07, 6.45) is 0. The summed E-state index contributed by atoms with van der Waals surface area (Å²) in [6, 6.07) is 11.7. The highest BCUT2D eigenvalue weighted by Gasteiger charge is 2.21. The second-order valence-electron chi connectivity index (χ2n) is 7.52. The van der Waals surface area contributed by atoms with E-state index in [0.717, 1.165) is 5.56 Å². The quantitative estimate of drug-likeness (QED) is 0.118. The van der Waals surface area contributed by atoms with E-state index in [1.54, 1.807) is 56.6 Å². The van der Waals surface area contributed by atoms with Crippen molar-refractivity contribution in [2.45, 2.75) is 13.1 Å². The minimum atomic E-state index is -0.529. The van der Waals surface area contributed by atoms with Crippen LogP contribution in [0.4, 0.5) is 17.2 Å². The molecule has 34 heavy (non-hydrogen) atoms. The highest BCUT2D eigenvalue weighted by atomic mass is 35.5. The molecule has 0 bridgehead atoms. The van der Waals surface area contributed by atoms with Crippen LogP contribution in [0.25, 0.3) is 11.3 Å². The van der Waals surface area contributed by atoms with Gasteiger partial charge in [-0.1, -0.05) is 35.9 Å². The van der Waals surface area contributed by atoms with Gasteiger partial charge >= 0.3 is 0 Å². The number of nitrogens with two attached hydrogens (primary N) is 3. The van der Waals surface area contributed by atoms with Crippen LogP contribution in [0.15, 0.2) is 47.3 Å². The van der Waals surface area contributed by atoms with E-state index in [1.807, 2.05) is 0 Å². The molecule has 3 rings (SSSR count). The van der Waals surface area contributed by atoms with Gasteiger partial charge in [-0.05, 0) is 23.8 Å². The van der Waals surface area contributed by atoms with Crippen LogP contribution in [0.1, 0.15) is 11.1 Å². The van der Waals surface area contributed by atoms with Gasteiger partial charge in [0.2, 0.25) is 11.7 Å². The molecule has 1 amide bonds. The largest absolute Gasteiger partial charge is 0.399 e. The molecule has 1 heterocycles. The summed E-state index contributed by atoms with van der Waals surface area (Å²) >= 11 is 6.48. The van der Waals surface area contributed by atoms with Crippen LogP contribution in [0.2, 0.25) is 5.15 Å². The van der Waals surface area contributed by atoms with Gasteiger partial charge in [-0.15, -0.1) is 0 Å². The van der Waals surface area contributed by atoms with Crippen molar-refractivity contribution < 1.29 is 4.79 Å². The van der Waals surface area contributed by atoms with E-state index >= 15 is 0 Å². The number of amidine groups is 1. The molecular weight excluding hydrogens is 458 g/mol. The summed E-state index contributed by atoms with van der Waals surface area (Å²) in [7, 11) is 3.23. The fourth-order valence-corrected chi connectivity index (χ4v) is 3.58. The number of halogens is 1. The first-order chi connectivity index (χ1) is 16.1. The number of hydrogen-bond donors (Lipinski definition) is 6. The minimum Gasteiger partial charge on any atom is -0.399 e. The molecule has 0 atom stereocenters. The molecule has 3 aromatic rings. The average molecular weight is 484 g/mol. The topological polar surface area (TPSA) is 181 Å². The Morgan fingerprint density at radius 3 is 2.35 bits per heavy atom. The van der Waals surface area contributed by atoms with Crippen molar-refractivity contribution in [1.29, 1.82) is 5.41 Å². The molecule has 0 aliphatic carbocycles. The first-order valence-electron chi connectivity index (χ1n) is 10.2. The minimum absolute atomic E-state index is 0.00863. The second kappa shape index (κ2) is 10.2. The van der Waals surface area contributed by atoms with Crippen LogP contribution < -0.4 is 38.5 Å². The Hall–Kier alpha value is -4.09. The van der Waals surface area contributed by atoms with Crippen molar-refractivity contribution in [3.05, 3.63) is 69.1 Å². The SMILES string of the molecule is CNN(C)c1nc(Cl)c(-c2cc(N)cc(N)c2)n(CC(=O)NCc2ccc(C(=N)N)cc2)c1=O. The molecule has 11 nitrogen and oxygen atoms in total. The van der Waals surface area contributed by atoms with Gasteiger partial charge in [0.15, 0.2) is 5.15 Å². The number of amides is 1. The summed E-state index contributed by atoms with van der Waals surface area (Å²) in [6.45, 7) is -0.102. The van der Waals surface area contributed by atoms with Crippen LogP contribution in [-0.4, -0.2) is 35.4 Å². The van der Waals surface area contributed by atoms with E-state index < -0.39 is 11.5 Å². The van der Waals surface area contributed by atoms with E-state index in [9.17, 15) is 9.59 Å². The maximum atomic E-state index is 13.3. The lowest BCUT2D eigenvalue weighted by Crippen LogP contribution is -2.40. The molecule has 178 valence electrons. The number of nitrogens with zero attached hydrogens (tertiary/aromatic N) is 3. The summed E-state index contributed by atoms with van der Waals surface area (Å²) in [4.78, 5) is 30.3. The van der Waals surface area contributed by atoms with Gasteiger partial charge in [-0.25, -0.2) is 10.4 Å². The summed E-state index contributed by atoms with van der Waals surface area (Å²) < 4.78 is 1.24. The fraction of sp³-hybridized carbons (Fsp3) is 0.182. The standard InChI is InChI=1S/C22H26ClN9O2/c1-28-31(2)21-22(34)32(18(19(23)30-21)14-7-15(24)9-16(25)8-14)11-17(33)29-10-12-3-5-13(6-4-12)20(26)27/h3-9,28H,10-11,24-25H2,1-2H3,(H3,26,27)(H,29,33). The van der Waals surface area contributed by atoms with E-state index in [1.165, 1.54) is 9.58 Å². The van der Waals surface area contributed by atoms with E-state index in [0.29, 0.717) is 22.5 Å². The Morgan fingerprint density at radius 1 is 1.18 bits per heavy atom. The molecular formula is C22H26ClN9O2. The Kier molecular flexibility index (Phi) is 7.39. The van der Waals surface area contributed by atoms with Crippen molar-refractivity contribution in [2.75, 3.05) is 30.6 Å². The third-order valence-electron chi connectivity index (χ3n) is 5.07. The lowest BCUT2D eigenvalue weighted by Gasteiger charge is -2.21. The molecule has 1 aromatic heterocycles. The Bertz CT molecular complexity index is 1270. The Balaban J connectivity index is 1.95. The van der Waals surface area contributed by atoms with Gasteiger partial charge < -0.3 is 22.5 Å². The van der Waals surface area contributed by atoms with Crippen LogP contribution in [0.5, 0.6) is 0 Å². The van der Waals surface area contributed by atoms with Crippen LogP contribution in [-0.2, 0) is 17.9 Å². The van der Waals surface area contributed by atoms with Gasteiger partial charge in [0.1, 0.15) is 12.4 Å². The molecule has 0 aliphatic rings. The van der Waals surface area contributed by atoms with Crippen LogP contribution in [0, 0.1) is 5.41 Å². The zero-order valence-electron chi connectivity index (χ0n) is 18.7. The highest BCUT2D eigenvalue weighted by molar-refractivity contribution is 6.32. The fourth-order valence-electron chi connectivity index (χ4n) is 3.29. The summed E-state index contributed by atoms with van der Waals surface area (Å²) in [5.41, 5.74) is 22.4. The number of anilines is 3. The van der Waals surface area contributed by atoms with Gasteiger partial charge in [0.05, 0.1) is 5.69 Å². The molecule has 0 fully saturated rings. The van der Waals surface area contributed by atoms with Crippen molar-refractivity contribution in [2.24, 2.45) is 5.73 Å². The smallest absolute Gasteiger partial charge is 0.295 e. The number of hydrazine groups is 1. The average Bonchev–Trinajstić information content (AvgIpc) is 2.79. The van der Waals surface area contributed by atoms with E-state index in [-0.39, 0.29) is 35.6 Å². The second-order valence-corrected chi connectivity index (χ2v) is 7.88. The molecule has 0 spiro atoms. The van der Waals surface area contributed by atoms with Gasteiger partial charge in [-0.3, -0.25) is 24.6 Å². The maximum absolute atomic E-state index is 13.3. The van der Waals surface area contributed by atoms with E-state index in [4.69, 9.17) is 34.2 Å². The number of aromatic nitrogens is 2. The predicted octanol–water partition coefficient (Wildman–Crippen LogP) is 0.899. The van der Waals surface area contributed by atoms with Crippen LogP contribution >= 0.6 is 11.6 Å². The number of carbonyl (C=O) groups excluding carboxylic acids is 1. The normalized spacial score (nSPS) is 10.7. The zero-order chi connectivity index (χ0) is 25.0. The lowest BCUT2D eigenvalue weighted by atomic mass is 10.1. The zero-order valence-corrected chi connectivity index (χ0v) is 19.5. The molecule has 0 saturated heterocycles. The van der Waals surface area contributed by atoms with Crippen LogP contribution in [0.3, 0.4) is 0 Å². The summed E-state index contributed by atoms with van der Waals surface area (Å²) in [5, 5.41) is 11.6. The number of hydrogen-bond acceptors (Lipinski definition) is 8. The molecule has 0 radical (unpaired) electrons. The summed E-state index contributed by atoms with van der Waals surface area (Å²) in [5.74, 6) is -0.446. The Morgan fingerprint density at radius 2 is 1.79 bits per heavy atom. The van der Waals surface area contributed by atoms with Gasteiger partial charge in [-0.2, -0.15) is 0 Å². The Labute approximate surface area is 201 Å². The van der Waals surface area contributed by atoms with Crippen molar-refractivity contribution in [1.82, 2.24) is 20.3 Å². The monoisotopic (exact) mass is 483 g/mol. The number of carbonyl (C=O) groups is 1. The molecule has 0 saturated carbocycles. The molecule has 0 aliphatic heterocycles. The van der Waals surface area contributed by atoms with Crippen molar-refractivity contribution >= 4 is 40.5 Å². The van der Waals surface area contributed by atoms with Crippen molar-refractivity contribution in [3.8, 4) is 11.3 Å². The van der Waals surface area contributed by atoms with Gasteiger partial charge in [0.25, 0.3) is 5.56 Å². The predicted molar refractivity (Wildman–Crippen MR) is 135 cm³/mol. The molecule has 0 unspecified atom stereocenters. The number of rotatable bonds is 8. The molecule has 9 N–H and O–H groups in total. The van der Waals surface area contributed by atoms with Crippen molar-refractivity contribution in [3.63, 3.8) is 0 Å². The van der Waals surface area contributed by atoms with Gasteiger partial charge in [0, 0.05) is 43.1 Å². The van der Waals surface area contributed by atoms with E-state index in [2.05, 4.69) is 15.7 Å². The third-order valence-corrected chi connectivity index (χ3v) is 5.33. The highest BCUT2D eigenvalue weighted by Crippen LogP contribution is 2.30. The third kappa shape index (κ3) is 5.45. The first kappa shape index (κ1) is 24.6. The molecule has 2 aromatic carbocycles. The lowest BCUT2D eigenvalue weighted by molar-refractivity contribution is -0.121. The number of nitrogen functional groups attached to an aromatic ring is 3. The maximum Gasteiger partial charge on any atom is 0.295 e. The molecule has 12 heteroatoms.